The van der Waals surface area contributed by atoms with Crippen LogP contribution in [0.2, 0.25) is 0 Å². The Morgan fingerprint density at radius 3 is 2.66 bits per heavy atom. The van der Waals surface area contributed by atoms with Gasteiger partial charge < -0.3 is 19.9 Å². The second-order valence-electron chi connectivity index (χ2n) is 6.70. The summed E-state index contributed by atoms with van der Waals surface area (Å²) in [6.45, 7) is 2.51. The van der Waals surface area contributed by atoms with Gasteiger partial charge in [0.15, 0.2) is 11.5 Å². The molecule has 0 amide bonds. The highest BCUT2D eigenvalue weighted by molar-refractivity contribution is 5.95. The van der Waals surface area contributed by atoms with Gasteiger partial charge in [-0.15, -0.1) is 5.10 Å². The molecule has 8 heteroatoms. The minimum atomic E-state index is -0.0190. The number of nitrogens with zero attached hydrogens (tertiary/aromatic N) is 4. The predicted octanol–water partition coefficient (Wildman–Crippen LogP) is 2.75. The monoisotopic (exact) mass is 393 g/mol. The lowest BCUT2D eigenvalue weighted by molar-refractivity contribution is 0.296. The SMILES string of the molecule is COc1cc(C)ccc1CNc1nc2c(OC)cccc2c2nc(CCO)nn12. The molecule has 4 aromatic rings. The molecule has 0 bridgehead atoms. The fourth-order valence-corrected chi connectivity index (χ4v) is 3.31. The zero-order valence-corrected chi connectivity index (χ0v) is 16.6. The van der Waals surface area contributed by atoms with Gasteiger partial charge in [-0.3, -0.25) is 0 Å². The normalized spacial score (nSPS) is 11.2. The average Bonchev–Trinajstić information content (AvgIpc) is 3.16. The highest BCUT2D eigenvalue weighted by Gasteiger charge is 2.16. The molecular weight excluding hydrogens is 370 g/mol. The Balaban J connectivity index is 1.81. The third-order valence-corrected chi connectivity index (χ3v) is 4.74. The minimum absolute atomic E-state index is 0.0190. The summed E-state index contributed by atoms with van der Waals surface area (Å²) in [6.07, 6.45) is 0.373. The van der Waals surface area contributed by atoms with Crippen LogP contribution in [0.4, 0.5) is 5.95 Å². The zero-order valence-electron chi connectivity index (χ0n) is 16.6. The fraction of sp³-hybridized carbons (Fsp3) is 0.286. The van der Waals surface area contributed by atoms with E-state index in [2.05, 4.69) is 15.4 Å². The largest absolute Gasteiger partial charge is 0.496 e. The first-order chi connectivity index (χ1) is 14.1. The smallest absolute Gasteiger partial charge is 0.226 e. The van der Waals surface area contributed by atoms with Crippen molar-refractivity contribution in [2.24, 2.45) is 0 Å². The van der Waals surface area contributed by atoms with E-state index in [0.29, 0.717) is 41.7 Å². The molecule has 2 N–H and O–H groups in total. The van der Waals surface area contributed by atoms with Crippen LogP contribution in [0.5, 0.6) is 11.5 Å². The molecule has 0 radical (unpaired) electrons. The molecule has 0 fully saturated rings. The van der Waals surface area contributed by atoms with E-state index >= 15 is 0 Å². The maximum atomic E-state index is 9.29. The van der Waals surface area contributed by atoms with Crippen LogP contribution in [-0.2, 0) is 13.0 Å². The number of benzene rings is 2. The summed E-state index contributed by atoms with van der Waals surface area (Å²) in [5.74, 6) is 2.57. The van der Waals surface area contributed by atoms with Crippen molar-refractivity contribution in [2.45, 2.75) is 19.9 Å². The standard InChI is InChI=1S/C21H23N5O3/c1-13-7-8-14(17(11-13)29-3)12-22-21-24-19-15(5-4-6-16(19)28-2)20-23-18(9-10-27)25-26(20)21/h4-8,11,27H,9-10,12H2,1-3H3,(H,22,24). The molecule has 0 atom stereocenters. The lowest BCUT2D eigenvalue weighted by Gasteiger charge is -2.13. The number of methoxy groups -OCH3 is 2. The number of aromatic nitrogens is 4. The van der Waals surface area contributed by atoms with Crippen molar-refractivity contribution in [1.29, 1.82) is 0 Å². The van der Waals surface area contributed by atoms with E-state index in [1.807, 2.05) is 43.3 Å². The van der Waals surface area contributed by atoms with E-state index in [1.165, 1.54) is 0 Å². The van der Waals surface area contributed by atoms with Crippen molar-refractivity contribution in [1.82, 2.24) is 19.6 Å². The third kappa shape index (κ3) is 3.54. The highest BCUT2D eigenvalue weighted by Crippen LogP contribution is 2.29. The summed E-state index contributed by atoms with van der Waals surface area (Å²) in [4.78, 5) is 9.36. The van der Waals surface area contributed by atoms with Gasteiger partial charge in [0.1, 0.15) is 17.0 Å². The molecule has 4 rings (SSSR count). The Hall–Kier alpha value is -3.39. The topological polar surface area (TPSA) is 93.8 Å². The first-order valence-electron chi connectivity index (χ1n) is 9.35. The number of aryl methyl sites for hydroxylation is 1. The Bertz CT molecular complexity index is 1170. The van der Waals surface area contributed by atoms with Crippen molar-refractivity contribution in [3.05, 3.63) is 53.3 Å². The molecule has 0 unspecified atom stereocenters. The first kappa shape index (κ1) is 18.9. The van der Waals surface area contributed by atoms with Crippen molar-refractivity contribution in [2.75, 3.05) is 26.1 Å². The van der Waals surface area contributed by atoms with Crippen LogP contribution in [0.15, 0.2) is 36.4 Å². The Morgan fingerprint density at radius 2 is 1.90 bits per heavy atom. The van der Waals surface area contributed by atoms with Crippen molar-refractivity contribution in [3.63, 3.8) is 0 Å². The molecule has 0 spiro atoms. The van der Waals surface area contributed by atoms with Gasteiger partial charge >= 0.3 is 0 Å². The van der Waals surface area contributed by atoms with E-state index < -0.39 is 0 Å². The van der Waals surface area contributed by atoms with Crippen LogP contribution in [0, 0.1) is 6.92 Å². The molecule has 0 aliphatic heterocycles. The molecule has 0 aliphatic rings. The molecule has 150 valence electrons. The quantitative estimate of drug-likeness (QED) is 0.499. The van der Waals surface area contributed by atoms with Crippen LogP contribution < -0.4 is 14.8 Å². The van der Waals surface area contributed by atoms with E-state index in [4.69, 9.17) is 14.5 Å². The Kier molecular flexibility index (Phi) is 5.18. The molecule has 0 saturated heterocycles. The zero-order chi connectivity index (χ0) is 20.4. The second-order valence-corrected chi connectivity index (χ2v) is 6.70. The van der Waals surface area contributed by atoms with Gasteiger partial charge in [0, 0.05) is 23.9 Å². The summed E-state index contributed by atoms with van der Waals surface area (Å²) < 4.78 is 12.7. The van der Waals surface area contributed by atoms with Crippen LogP contribution in [0.3, 0.4) is 0 Å². The first-order valence-corrected chi connectivity index (χ1v) is 9.35. The minimum Gasteiger partial charge on any atom is -0.496 e. The molecule has 8 nitrogen and oxygen atoms in total. The number of para-hydroxylation sites is 1. The molecule has 2 heterocycles. The van der Waals surface area contributed by atoms with Gasteiger partial charge in [0.25, 0.3) is 0 Å². The summed E-state index contributed by atoms with van der Waals surface area (Å²) >= 11 is 0. The number of anilines is 1. The molecule has 2 aromatic heterocycles. The molecular formula is C21H23N5O3. The van der Waals surface area contributed by atoms with Gasteiger partial charge in [-0.05, 0) is 30.7 Å². The van der Waals surface area contributed by atoms with Crippen LogP contribution in [0.25, 0.3) is 16.6 Å². The van der Waals surface area contributed by atoms with Crippen molar-refractivity contribution in [3.8, 4) is 11.5 Å². The fourth-order valence-electron chi connectivity index (χ4n) is 3.31. The van der Waals surface area contributed by atoms with E-state index in [1.54, 1.807) is 18.7 Å². The van der Waals surface area contributed by atoms with Gasteiger partial charge in [-0.2, -0.15) is 4.52 Å². The van der Waals surface area contributed by atoms with Gasteiger partial charge in [0.2, 0.25) is 5.95 Å². The summed E-state index contributed by atoms with van der Waals surface area (Å²) in [7, 11) is 3.28. The number of aliphatic hydroxyl groups excluding tert-OH is 1. The maximum Gasteiger partial charge on any atom is 0.226 e. The number of hydrogen-bond acceptors (Lipinski definition) is 7. The highest BCUT2D eigenvalue weighted by atomic mass is 16.5. The van der Waals surface area contributed by atoms with Crippen molar-refractivity contribution >= 4 is 22.5 Å². The van der Waals surface area contributed by atoms with Crippen molar-refractivity contribution < 1.29 is 14.6 Å². The van der Waals surface area contributed by atoms with Gasteiger partial charge in [0.05, 0.1) is 20.8 Å². The van der Waals surface area contributed by atoms with Gasteiger partial charge in [-0.1, -0.05) is 18.2 Å². The Morgan fingerprint density at radius 1 is 1.07 bits per heavy atom. The molecule has 29 heavy (non-hydrogen) atoms. The van der Waals surface area contributed by atoms with Gasteiger partial charge in [-0.25, -0.2) is 9.97 Å². The average molecular weight is 393 g/mol. The summed E-state index contributed by atoms with van der Waals surface area (Å²) in [5, 5.41) is 18.0. The molecule has 2 aromatic carbocycles. The number of rotatable bonds is 7. The number of ether oxygens (including phenoxy) is 2. The third-order valence-electron chi connectivity index (χ3n) is 4.74. The van der Waals surface area contributed by atoms with Crippen LogP contribution >= 0.6 is 0 Å². The maximum absolute atomic E-state index is 9.29. The molecule has 0 saturated carbocycles. The number of fused-ring (bicyclic) bond motifs is 3. The predicted molar refractivity (Wildman–Crippen MR) is 111 cm³/mol. The number of hydrogen-bond donors (Lipinski definition) is 2. The van der Waals surface area contributed by atoms with E-state index in [9.17, 15) is 5.11 Å². The second kappa shape index (κ2) is 7.92. The number of aliphatic hydroxyl groups is 1. The lowest BCUT2D eigenvalue weighted by Crippen LogP contribution is -2.09. The number of nitrogens with one attached hydrogen (secondary N) is 1. The van der Waals surface area contributed by atoms with E-state index in [-0.39, 0.29) is 6.61 Å². The van der Waals surface area contributed by atoms with E-state index in [0.717, 1.165) is 22.3 Å². The summed E-state index contributed by atoms with van der Waals surface area (Å²) in [5.41, 5.74) is 3.50. The van der Waals surface area contributed by atoms with Crippen LogP contribution in [-0.4, -0.2) is 45.5 Å². The summed E-state index contributed by atoms with van der Waals surface area (Å²) in [6, 6.07) is 11.8. The Labute approximate surface area is 168 Å². The lowest BCUT2D eigenvalue weighted by atomic mass is 10.1. The van der Waals surface area contributed by atoms with Crippen LogP contribution in [0.1, 0.15) is 17.0 Å². The molecule has 0 aliphatic carbocycles.